The number of halogens is 1. The van der Waals surface area contributed by atoms with E-state index in [1.165, 1.54) is 0 Å². The number of fused-ring (bicyclic) bond motifs is 4. The van der Waals surface area contributed by atoms with Crippen molar-refractivity contribution in [3.8, 4) is 0 Å². The van der Waals surface area contributed by atoms with Crippen LogP contribution in [0.5, 0.6) is 0 Å². The van der Waals surface area contributed by atoms with E-state index in [9.17, 15) is 9.59 Å². The SMILES string of the molecule is Cc1c(Cl)ccc2sc(N3CCN(C(=O)c4cc5c(ccc6ccccc65)oc4=O)CC3)nc12. The normalized spacial score (nSPS) is 14.4. The molecule has 5 aromatic rings. The van der Waals surface area contributed by atoms with Crippen molar-refractivity contribution in [1.29, 1.82) is 0 Å². The number of benzene rings is 3. The molecule has 0 spiro atoms. The monoisotopic (exact) mass is 489 g/mol. The first-order valence-corrected chi connectivity index (χ1v) is 12.2. The van der Waals surface area contributed by atoms with Crippen molar-refractivity contribution in [2.24, 2.45) is 0 Å². The number of nitrogens with zero attached hydrogens (tertiary/aromatic N) is 3. The highest BCUT2D eigenvalue weighted by molar-refractivity contribution is 7.22. The molecule has 0 bridgehead atoms. The first-order chi connectivity index (χ1) is 16.5. The van der Waals surface area contributed by atoms with Crippen LogP contribution >= 0.6 is 22.9 Å². The number of carbonyl (C=O) groups excluding carboxylic acids is 1. The Bertz CT molecular complexity index is 1650. The second kappa shape index (κ2) is 8.11. The third kappa shape index (κ3) is 3.43. The summed E-state index contributed by atoms with van der Waals surface area (Å²) in [5.74, 6) is -0.296. The van der Waals surface area contributed by atoms with Crippen molar-refractivity contribution in [2.45, 2.75) is 6.92 Å². The van der Waals surface area contributed by atoms with Crippen molar-refractivity contribution < 1.29 is 9.21 Å². The molecule has 0 radical (unpaired) electrons. The van der Waals surface area contributed by atoms with Gasteiger partial charge < -0.3 is 14.2 Å². The Balaban J connectivity index is 1.26. The predicted molar refractivity (Wildman–Crippen MR) is 137 cm³/mol. The maximum atomic E-state index is 13.3. The Hall–Kier alpha value is -3.42. The summed E-state index contributed by atoms with van der Waals surface area (Å²) in [7, 11) is 0. The highest BCUT2D eigenvalue weighted by Gasteiger charge is 2.26. The molecule has 34 heavy (non-hydrogen) atoms. The highest BCUT2D eigenvalue weighted by Crippen LogP contribution is 2.34. The molecule has 8 heteroatoms. The lowest BCUT2D eigenvalue weighted by Crippen LogP contribution is -2.49. The van der Waals surface area contributed by atoms with Crippen molar-refractivity contribution in [1.82, 2.24) is 9.88 Å². The van der Waals surface area contributed by atoms with E-state index in [-0.39, 0.29) is 11.5 Å². The van der Waals surface area contributed by atoms with Gasteiger partial charge >= 0.3 is 5.63 Å². The molecule has 2 aromatic heterocycles. The number of thiazole rings is 1. The lowest BCUT2D eigenvalue weighted by Gasteiger charge is -2.34. The van der Waals surface area contributed by atoms with Gasteiger partial charge in [-0.2, -0.15) is 0 Å². The van der Waals surface area contributed by atoms with E-state index < -0.39 is 5.63 Å². The summed E-state index contributed by atoms with van der Waals surface area (Å²) in [4.78, 5) is 34.6. The molecule has 3 heterocycles. The van der Waals surface area contributed by atoms with Gasteiger partial charge in [-0.1, -0.05) is 53.3 Å². The maximum Gasteiger partial charge on any atom is 0.349 e. The Morgan fingerprint density at radius 2 is 1.82 bits per heavy atom. The van der Waals surface area contributed by atoms with Crippen LogP contribution in [0.2, 0.25) is 5.02 Å². The average molecular weight is 490 g/mol. The standard InChI is InChI=1S/C26H20ClN3O3S/c1-15-20(27)7-9-22-23(15)28-26(34-22)30-12-10-29(11-13-30)24(31)19-14-18-17-5-3-2-4-16(17)6-8-21(18)33-25(19)32/h2-9,14H,10-13H2,1H3. The maximum absolute atomic E-state index is 13.3. The highest BCUT2D eigenvalue weighted by atomic mass is 35.5. The molecule has 0 unspecified atom stereocenters. The minimum Gasteiger partial charge on any atom is -0.422 e. The summed E-state index contributed by atoms with van der Waals surface area (Å²) in [6, 6.07) is 17.1. The Kier molecular flexibility index (Phi) is 5.04. The van der Waals surface area contributed by atoms with E-state index in [0.29, 0.717) is 36.8 Å². The molecule has 0 aliphatic carbocycles. The van der Waals surface area contributed by atoms with Crippen LogP contribution in [-0.4, -0.2) is 42.0 Å². The number of anilines is 1. The lowest BCUT2D eigenvalue weighted by atomic mass is 10.0. The minimum absolute atomic E-state index is 0.0718. The lowest BCUT2D eigenvalue weighted by molar-refractivity contribution is 0.0742. The van der Waals surface area contributed by atoms with E-state index in [0.717, 1.165) is 37.1 Å². The Morgan fingerprint density at radius 3 is 2.65 bits per heavy atom. The third-order valence-corrected chi connectivity index (χ3v) is 7.94. The van der Waals surface area contributed by atoms with Crippen molar-refractivity contribution in [2.75, 3.05) is 31.1 Å². The number of piperazine rings is 1. The van der Waals surface area contributed by atoms with Crippen molar-refractivity contribution >= 4 is 65.9 Å². The summed E-state index contributed by atoms with van der Waals surface area (Å²) in [5, 5.41) is 4.38. The molecule has 0 N–H and O–H groups in total. The van der Waals surface area contributed by atoms with Crippen molar-refractivity contribution in [3.63, 3.8) is 0 Å². The molecular formula is C26H20ClN3O3S. The van der Waals surface area contributed by atoms with Crippen LogP contribution in [-0.2, 0) is 0 Å². The molecule has 1 aliphatic heterocycles. The number of hydrogen-bond donors (Lipinski definition) is 0. The van der Waals surface area contributed by atoms with E-state index in [1.54, 1.807) is 28.4 Å². The summed E-state index contributed by atoms with van der Waals surface area (Å²) in [6.45, 7) is 4.26. The minimum atomic E-state index is -0.603. The van der Waals surface area contributed by atoms with Crippen LogP contribution in [0.25, 0.3) is 32.0 Å². The van der Waals surface area contributed by atoms with E-state index in [4.69, 9.17) is 21.0 Å². The number of aromatic nitrogens is 1. The number of amides is 1. The fraction of sp³-hybridized carbons (Fsp3) is 0.192. The molecule has 6 rings (SSSR count). The molecule has 170 valence electrons. The van der Waals surface area contributed by atoms with Crippen LogP contribution < -0.4 is 10.5 Å². The van der Waals surface area contributed by atoms with Gasteiger partial charge in [-0.15, -0.1) is 0 Å². The van der Waals surface area contributed by atoms with Gasteiger partial charge in [0.05, 0.1) is 10.2 Å². The van der Waals surface area contributed by atoms with E-state index >= 15 is 0 Å². The molecule has 3 aromatic carbocycles. The smallest absolute Gasteiger partial charge is 0.349 e. The second-order valence-corrected chi connectivity index (χ2v) is 9.86. The van der Waals surface area contributed by atoms with Gasteiger partial charge in [-0.3, -0.25) is 4.79 Å². The van der Waals surface area contributed by atoms with Crippen LogP contribution in [0.1, 0.15) is 15.9 Å². The van der Waals surface area contributed by atoms with Crippen LogP contribution in [0, 0.1) is 6.92 Å². The quantitative estimate of drug-likeness (QED) is 0.242. The molecule has 1 fully saturated rings. The molecule has 0 atom stereocenters. The number of hydrogen-bond acceptors (Lipinski definition) is 6. The molecule has 1 saturated heterocycles. The molecule has 0 saturated carbocycles. The zero-order chi connectivity index (χ0) is 23.4. The zero-order valence-corrected chi connectivity index (χ0v) is 19.9. The van der Waals surface area contributed by atoms with Gasteiger partial charge in [0.1, 0.15) is 11.1 Å². The molecule has 1 aliphatic rings. The molecule has 6 nitrogen and oxygen atoms in total. The number of aryl methyl sites for hydroxylation is 1. The second-order valence-electron chi connectivity index (χ2n) is 8.44. The van der Waals surface area contributed by atoms with Gasteiger partial charge in [0.25, 0.3) is 5.91 Å². The number of carbonyl (C=O) groups is 1. The van der Waals surface area contributed by atoms with Gasteiger partial charge in [0, 0.05) is 36.6 Å². The summed E-state index contributed by atoms with van der Waals surface area (Å²) in [6.07, 6.45) is 0. The van der Waals surface area contributed by atoms with Gasteiger partial charge in [-0.05, 0) is 47.5 Å². The van der Waals surface area contributed by atoms with E-state index in [2.05, 4.69) is 4.90 Å². The van der Waals surface area contributed by atoms with Crippen molar-refractivity contribution in [3.05, 3.63) is 81.2 Å². The fourth-order valence-corrected chi connectivity index (χ4v) is 5.75. The van der Waals surface area contributed by atoms with Gasteiger partial charge in [0.15, 0.2) is 5.13 Å². The fourth-order valence-electron chi connectivity index (χ4n) is 4.52. The first kappa shape index (κ1) is 21.1. The van der Waals surface area contributed by atoms with Gasteiger partial charge in [-0.25, -0.2) is 9.78 Å². The third-order valence-electron chi connectivity index (χ3n) is 6.45. The van der Waals surface area contributed by atoms with E-state index in [1.807, 2.05) is 49.4 Å². The van der Waals surface area contributed by atoms with Crippen LogP contribution in [0.3, 0.4) is 0 Å². The summed E-state index contributed by atoms with van der Waals surface area (Å²) >= 11 is 7.88. The summed E-state index contributed by atoms with van der Waals surface area (Å²) in [5.41, 5.74) is 1.85. The number of rotatable bonds is 2. The molecular weight excluding hydrogens is 470 g/mol. The van der Waals surface area contributed by atoms with Crippen LogP contribution in [0.4, 0.5) is 5.13 Å². The topological polar surface area (TPSA) is 66.7 Å². The Morgan fingerprint density at radius 1 is 1.03 bits per heavy atom. The predicted octanol–water partition coefficient (Wildman–Crippen LogP) is 5.48. The largest absolute Gasteiger partial charge is 0.422 e. The van der Waals surface area contributed by atoms with Gasteiger partial charge in [0.2, 0.25) is 0 Å². The van der Waals surface area contributed by atoms with Crippen LogP contribution in [0.15, 0.2) is 63.8 Å². The first-order valence-electron chi connectivity index (χ1n) is 11.0. The zero-order valence-electron chi connectivity index (χ0n) is 18.4. The molecule has 1 amide bonds. The summed E-state index contributed by atoms with van der Waals surface area (Å²) < 4.78 is 6.62. The Labute approximate surface area is 204 Å². The average Bonchev–Trinajstić information content (AvgIpc) is 3.31.